The smallest absolute Gasteiger partial charge is 0.244 e. The van der Waals surface area contributed by atoms with Gasteiger partial charge in [-0.2, -0.15) is 0 Å². The standard InChI is InChI=1S/C21H27N5O2/c1-16(23-20(27)12-11-17-8-4-2-5-9-17)21(28)22-14-13-19-25-24-18-10-6-3-7-15-26(18)19/h2,4-5,8-9,11-12,16H,3,6-7,10,13-15H2,1H3,(H,22,28)(H,23,27). The van der Waals surface area contributed by atoms with E-state index < -0.39 is 6.04 Å². The average Bonchev–Trinajstić information content (AvgIpc) is 2.93. The van der Waals surface area contributed by atoms with Crippen molar-refractivity contribution in [3.05, 3.63) is 53.6 Å². The van der Waals surface area contributed by atoms with E-state index in [0.29, 0.717) is 13.0 Å². The highest BCUT2D eigenvalue weighted by atomic mass is 16.2. The van der Waals surface area contributed by atoms with Crippen molar-refractivity contribution in [2.75, 3.05) is 6.54 Å². The number of carbonyl (C=O) groups excluding carboxylic acids is 2. The molecule has 7 heteroatoms. The number of nitrogens with one attached hydrogen (secondary N) is 2. The fourth-order valence-corrected chi connectivity index (χ4v) is 3.24. The van der Waals surface area contributed by atoms with E-state index in [-0.39, 0.29) is 11.8 Å². The molecule has 2 aromatic rings. The number of amides is 2. The zero-order valence-electron chi connectivity index (χ0n) is 16.2. The van der Waals surface area contributed by atoms with Crippen LogP contribution in [0.3, 0.4) is 0 Å². The first-order chi connectivity index (χ1) is 13.6. The Bertz CT molecular complexity index is 829. The zero-order valence-corrected chi connectivity index (χ0v) is 16.2. The summed E-state index contributed by atoms with van der Waals surface area (Å²) in [6, 6.07) is 8.93. The molecule has 2 amide bonds. The SMILES string of the molecule is CC(NC(=O)C=Cc1ccccc1)C(=O)NCCc1nnc2n1CCCCC2. The van der Waals surface area contributed by atoms with Gasteiger partial charge in [0, 0.05) is 32.0 Å². The number of hydrogen-bond acceptors (Lipinski definition) is 4. The summed E-state index contributed by atoms with van der Waals surface area (Å²) in [6.45, 7) is 3.09. The molecule has 2 N–H and O–H groups in total. The van der Waals surface area contributed by atoms with Crippen LogP contribution >= 0.6 is 0 Å². The lowest BCUT2D eigenvalue weighted by Gasteiger charge is -2.13. The van der Waals surface area contributed by atoms with Gasteiger partial charge >= 0.3 is 0 Å². The van der Waals surface area contributed by atoms with Gasteiger partial charge in [-0.05, 0) is 31.4 Å². The Kier molecular flexibility index (Phi) is 6.94. The maximum absolute atomic E-state index is 12.2. The molecule has 148 valence electrons. The Morgan fingerprint density at radius 3 is 2.82 bits per heavy atom. The van der Waals surface area contributed by atoms with Crippen molar-refractivity contribution in [1.82, 2.24) is 25.4 Å². The van der Waals surface area contributed by atoms with E-state index in [9.17, 15) is 9.59 Å². The molecule has 0 spiro atoms. The molecule has 28 heavy (non-hydrogen) atoms. The third-order valence-electron chi connectivity index (χ3n) is 4.81. The van der Waals surface area contributed by atoms with Gasteiger partial charge in [0.2, 0.25) is 11.8 Å². The van der Waals surface area contributed by atoms with Gasteiger partial charge in [-0.3, -0.25) is 9.59 Å². The maximum atomic E-state index is 12.2. The van der Waals surface area contributed by atoms with Crippen molar-refractivity contribution in [2.24, 2.45) is 0 Å². The molecule has 0 radical (unpaired) electrons. The lowest BCUT2D eigenvalue weighted by atomic mass is 10.2. The summed E-state index contributed by atoms with van der Waals surface area (Å²) in [7, 11) is 0. The van der Waals surface area contributed by atoms with E-state index in [4.69, 9.17) is 0 Å². The van der Waals surface area contributed by atoms with Crippen LogP contribution in [0.5, 0.6) is 0 Å². The Hall–Kier alpha value is -2.96. The molecule has 0 fully saturated rings. The van der Waals surface area contributed by atoms with E-state index in [1.165, 1.54) is 12.5 Å². The molecular formula is C21H27N5O2. The summed E-state index contributed by atoms with van der Waals surface area (Å²) in [5.74, 6) is 1.45. The van der Waals surface area contributed by atoms with Gasteiger partial charge in [-0.1, -0.05) is 36.8 Å². The van der Waals surface area contributed by atoms with E-state index >= 15 is 0 Å². The molecule has 0 aliphatic carbocycles. The molecule has 0 saturated carbocycles. The maximum Gasteiger partial charge on any atom is 0.244 e. The van der Waals surface area contributed by atoms with Gasteiger partial charge in [0.05, 0.1) is 0 Å². The fourth-order valence-electron chi connectivity index (χ4n) is 3.24. The predicted octanol–water partition coefficient (Wildman–Crippen LogP) is 1.88. The molecule has 1 aromatic heterocycles. The second-order valence-electron chi connectivity index (χ2n) is 7.01. The first-order valence-electron chi connectivity index (χ1n) is 9.86. The topological polar surface area (TPSA) is 88.9 Å². The molecule has 7 nitrogen and oxygen atoms in total. The molecule has 3 rings (SSSR count). The molecule has 1 unspecified atom stereocenters. The minimum absolute atomic E-state index is 0.211. The van der Waals surface area contributed by atoms with Gasteiger partial charge in [-0.25, -0.2) is 0 Å². The Balaban J connectivity index is 1.43. The van der Waals surface area contributed by atoms with Gasteiger partial charge in [-0.15, -0.1) is 10.2 Å². The highest BCUT2D eigenvalue weighted by molar-refractivity contribution is 5.95. The van der Waals surface area contributed by atoms with Crippen LogP contribution in [0.1, 0.15) is 43.4 Å². The van der Waals surface area contributed by atoms with Crippen LogP contribution in [-0.4, -0.2) is 39.2 Å². The van der Waals surface area contributed by atoms with Crippen molar-refractivity contribution in [1.29, 1.82) is 0 Å². The summed E-state index contributed by atoms with van der Waals surface area (Å²) < 4.78 is 2.18. The monoisotopic (exact) mass is 381 g/mol. The third-order valence-corrected chi connectivity index (χ3v) is 4.81. The molecule has 2 heterocycles. The van der Waals surface area contributed by atoms with Gasteiger partial charge in [0.1, 0.15) is 17.7 Å². The zero-order chi connectivity index (χ0) is 19.8. The number of carbonyl (C=O) groups is 2. The summed E-state index contributed by atoms with van der Waals surface area (Å²) in [4.78, 5) is 24.2. The van der Waals surface area contributed by atoms with Gasteiger partial charge < -0.3 is 15.2 Å². The van der Waals surface area contributed by atoms with Crippen molar-refractivity contribution >= 4 is 17.9 Å². The second-order valence-corrected chi connectivity index (χ2v) is 7.01. The third kappa shape index (κ3) is 5.52. The highest BCUT2D eigenvalue weighted by Crippen LogP contribution is 2.14. The molecule has 0 bridgehead atoms. The molecule has 1 aliphatic rings. The summed E-state index contributed by atoms with van der Waals surface area (Å²) in [6.07, 6.45) is 8.28. The Labute approximate surface area is 165 Å². The molecule has 1 aromatic carbocycles. The van der Waals surface area contributed by atoms with E-state index in [2.05, 4.69) is 25.4 Å². The molecule has 1 aliphatic heterocycles. The second kappa shape index (κ2) is 9.82. The average molecular weight is 381 g/mol. The number of fused-ring (bicyclic) bond motifs is 1. The number of rotatable bonds is 7. The van der Waals surface area contributed by atoms with Crippen molar-refractivity contribution in [3.63, 3.8) is 0 Å². The van der Waals surface area contributed by atoms with Crippen molar-refractivity contribution in [2.45, 2.75) is 51.6 Å². The van der Waals surface area contributed by atoms with Crippen LogP contribution in [0.2, 0.25) is 0 Å². The number of aryl methyl sites for hydroxylation is 1. The summed E-state index contributed by atoms with van der Waals surface area (Å²) in [5, 5.41) is 14.1. The minimum atomic E-state index is -0.608. The van der Waals surface area contributed by atoms with E-state index in [1.54, 1.807) is 13.0 Å². The van der Waals surface area contributed by atoms with Gasteiger partial charge in [0.25, 0.3) is 0 Å². The van der Waals surface area contributed by atoms with Crippen LogP contribution in [0.15, 0.2) is 36.4 Å². The lowest BCUT2D eigenvalue weighted by molar-refractivity contribution is -0.126. The predicted molar refractivity (Wildman–Crippen MR) is 107 cm³/mol. The number of aromatic nitrogens is 3. The quantitative estimate of drug-likeness (QED) is 0.717. The number of benzene rings is 1. The lowest BCUT2D eigenvalue weighted by Crippen LogP contribution is -2.44. The van der Waals surface area contributed by atoms with Crippen molar-refractivity contribution in [3.8, 4) is 0 Å². The fraction of sp³-hybridized carbons (Fsp3) is 0.429. The summed E-state index contributed by atoms with van der Waals surface area (Å²) in [5.41, 5.74) is 0.933. The van der Waals surface area contributed by atoms with Crippen molar-refractivity contribution < 1.29 is 9.59 Å². The van der Waals surface area contributed by atoms with E-state index in [1.807, 2.05) is 30.3 Å². The first kappa shape index (κ1) is 19.8. The van der Waals surface area contributed by atoms with Crippen LogP contribution in [0.4, 0.5) is 0 Å². The van der Waals surface area contributed by atoms with Crippen LogP contribution in [-0.2, 0) is 29.0 Å². The summed E-state index contributed by atoms with van der Waals surface area (Å²) >= 11 is 0. The Morgan fingerprint density at radius 1 is 1.18 bits per heavy atom. The van der Waals surface area contributed by atoms with Gasteiger partial charge in [0.15, 0.2) is 0 Å². The van der Waals surface area contributed by atoms with Crippen LogP contribution < -0.4 is 10.6 Å². The Morgan fingerprint density at radius 2 is 2.00 bits per heavy atom. The van der Waals surface area contributed by atoms with Crippen LogP contribution in [0.25, 0.3) is 6.08 Å². The number of nitrogens with zero attached hydrogens (tertiary/aromatic N) is 3. The highest BCUT2D eigenvalue weighted by Gasteiger charge is 2.16. The van der Waals surface area contributed by atoms with Crippen LogP contribution in [0, 0.1) is 0 Å². The molecular weight excluding hydrogens is 354 g/mol. The largest absolute Gasteiger partial charge is 0.354 e. The first-order valence-corrected chi connectivity index (χ1v) is 9.86. The molecule has 1 atom stereocenters. The van der Waals surface area contributed by atoms with E-state index in [0.717, 1.165) is 43.0 Å². The normalized spacial score (nSPS) is 14.9. The number of hydrogen-bond donors (Lipinski definition) is 2. The molecule has 0 saturated heterocycles. The minimum Gasteiger partial charge on any atom is -0.354 e.